The van der Waals surface area contributed by atoms with E-state index in [1.165, 1.54) is 38.5 Å². The first-order chi connectivity index (χ1) is 29.4. The number of phosphoric acid groups is 1. The highest BCUT2D eigenvalue weighted by atomic mass is 31.2. The summed E-state index contributed by atoms with van der Waals surface area (Å²) in [5, 5.41) is 0. The minimum absolute atomic E-state index is 0.0512. The maximum atomic E-state index is 12.6. The molecule has 0 fully saturated rings. The van der Waals surface area contributed by atoms with E-state index < -0.39 is 13.9 Å². The van der Waals surface area contributed by atoms with Crippen molar-refractivity contribution in [2.75, 3.05) is 33.0 Å². The summed E-state index contributed by atoms with van der Waals surface area (Å²) in [5.41, 5.74) is 5.37. The zero-order chi connectivity index (χ0) is 43.7. The summed E-state index contributed by atoms with van der Waals surface area (Å²) in [7, 11) is -4.31. The number of unbranched alkanes of at least 4 members (excludes halogenated alkanes) is 9. The Kier molecular flexibility index (Phi) is 44.5. The Morgan fingerprint density at radius 2 is 0.883 bits per heavy atom. The molecule has 0 bridgehead atoms. The Balaban J connectivity index is 4.11. The number of esters is 1. The predicted octanol–water partition coefficient (Wildman–Crippen LogP) is 14.2. The molecule has 2 atom stereocenters. The first kappa shape index (κ1) is 56.9. The van der Waals surface area contributed by atoms with E-state index in [0.29, 0.717) is 13.0 Å². The van der Waals surface area contributed by atoms with Crippen LogP contribution < -0.4 is 5.73 Å². The van der Waals surface area contributed by atoms with Gasteiger partial charge in [0.15, 0.2) is 0 Å². The first-order valence-electron chi connectivity index (χ1n) is 23.0. The lowest BCUT2D eigenvalue weighted by Gasteiger charge is -2.19. The lowest BCUT2D eigenvalue weighted by atomic mass is 10.1. The zero-order valence-electron chi connectivity index (χ0n) is 37.6. The van der Waals surface area contributed by atoms with Gasteiger partial charge in [0, 0.05) is 13.0 Å². The van der Waals surface area contributed by atoms with Gasteiger partial charge in [0.25, 0.3) is 0 Å². The van der Waals surface area contributed by atoms with Crippen LogP contribution in [-0.4, -0.2) is 49.9 Å². The van der Waals surface area contributed by atoms with E-state index in [1.807, 2.05) is 6.08 Å². The Labute approximate surface area is 366 Å². The SMILES string of the molecule is CC/C=C\C/C=C\C/C=C\C/C=C\C/C=C\CCCCCCCCCCCC(=O)OC(COCC/C=C\C/C=C\C/C=C\C/C=C\C/C=C\CC)COP(=O)(O)OCCN. The van der Waals surface area contributed by atoms with E-state index in [9.17, 15) is 14.3 Å². The summed E-state index contributed by atoms with van der Waals surface area (Å²) >= 11 is 0. The van der Waals surface area contributed by atoms with E-state index in [-0.39, 0.29) is 38.8 Å². The van der Waals surface area contributed by atoms with Crippen LogP contribution in [0.1, 0.15) is 155 Å². The largest absolute Gasteiger partial charge is 0.472 e. The van der Waals surface area contributed by atoms with E-state index in [0.717, 1.165) is 89.9 Å². The number of ether oxygens (including phenoxy) is 2. The van der Waals surface area contributed by atoms with Gasteiger partial charge in [0.05, 0.1) is 26.4 Å². The smallest absolute Gasteiger partial charge is 0.457 e. The molecule has 0 aliphatic heterocycles. The van der Waals surface area contributed by atoms with Gasteiger partial charge in [-0.3, -0.25) is 13.8 Å². The number of carbonyl (C=O) groups excluding carboxylic acids is 1. The molecule has 0 aromatic heterocycles. The average Bonchev–Trinajstić information content (AvgIpc) is 3.24. The Hall–Kier alpha value is -3.10. The highest BCUT2D eigenvalue weighted by Gasteiger charge is 2.25. The highest BCUT2D eigenvalue weighted by Crippen LogP contribution is 2.43. The average molecular weight is 854 g/mol. The second kappa shape index (κ2) is 47.0. The van der Waals surface area contributed by atoms with Crippen LogP contribution in [0.3, 0.4) is 0 Å². The van der Waals surface area contributed by atoms with Crippen LogP contribution in [0, 0.1) is 0 Å². The van der Waals surface area contributed by atoms with E-state index in [2.05, 4.69) is 129 Å². The molecule has 0 aromatic rings. The number of phosphoric ester groups is 1. The molecule has 0 saturated carbocycles. The minimum Gasteiger partial charge on any atom is -0.457 e. The monoisotopic (exact) mass is 854 g/mol. The molecule has 0 radical (unpaired) electrons. The first-order valence-corrected chi connectivity index (χ1v) is 24.5. The van der Waals surface area contributed by atoms with Gasteiger partial charge in [-0.1, -0.05) is 180 Å². The van der Waals surface area contributed by atoms with Gasteiger partial charge < -0.3 is 20.1 Å². The van der Waals surface area contributed by atoms with Gasteiger partial charge in [-0.25, -0.2) is 4.57 Å². The van der Waals surface area contributed by atoms with Crippen molar-refractivity contribution >= 4 is 13.8 Å². The Morgan fingerprint density at radius 3 is 1.32 bits per heavy atom. The Bertz CT molecular complexity index is 1320. The van der Waals surface area contributed by atoms with E-state index in [1.54, 1.807) is 0 Å². The van der Waals surface area contributed by atoms with Crippen LogP contribution in [0.5, 0.6) is 0 Å². The fourth-order valence-electron chi connectivity index (χ4n) is 5.62. The van der Waals surface area contributed by atoms with Crippen molar-refractivity contribution in [1.29, 1.82) is 0 Å². The van der Waals surface area contributed by atoms with E-state index in [4.69, 9.17) is 24.3 Å². The molecule has 0 heterocycles. The number of hydrogen-bond acceptors (Lipinski definition) is 7. The third-order valence-electron chi connectivity index (χ3n) is 8.89. The molecule has 8 nitrogen and oxygen atoms in total. The fourth-order valence-corrected chi connectivity index (χ4v) is 6.38. The van der Waals surface area contributed by atoms with Gasteiger partial charge in [0.1, 0.15) is 6.10 Å². The predicted molar refractivity (Wildman–Crippen MR) is 256 cm³/mol. The zero-order valence-corrected chi connectivity index (χ0v) is 38.5. The van der Waals surface area contributed by atoms with Crippen molar-refractivity contribution in [3.05, 3.63) is 122 Å². The van der Waals surface area contributed by atoms with Gasteiger partial charge in [0.2, 0.25) is 0 Å². The van der Waals surface area contributed by atoms with Crippen molar-refractivity contribution in [3.8, 4) is 0 Å². The van der Waals surface area contributed by atoms with Crippen LogP contribution in [0.4, 0.5) is 0 Å². The summed E-state index contributed by atoms with van der Waals surface area (Å²) in [6.45, 7) is 4.42. The number of rotatable bonds is 42. The van der Waals surface area contributed by atoms with Crippen molar-refractivity contribution in [2.24, 2.45) is 5.73 Å². The van der Waals surface area contributed by atoms with Crippen molar-refractivity contribution in [3.63, 3.8) is 0 Å². The molecule has 0 amide bonds. The number of hydrogen-bond donors (Lipinski definition) is 2. The second-order valence-electron chi connectivity index (χ2n) is 14.5. The molecule has 60 heavy (non-hydrogen) atoms. The Morgan fingerprint density at radius 1 is 0.500 bits per heavy atom. The van der Waals surface area contributed by atoms with Crippen molar-refractivity contribution < 1.29 is 32.8 Å². The molecule has 0 aliphatic rings. The summed E-state index contributed by atoms with van der Waals surface area (Å²) in [6.07, 6.45) is 65.3. The van der Waals surface area contributed by atoms with Gasteiger partial charge in [-0.05, 0) is 89.9 Å². The molecule has 0 aromatic carbocycles. The van der Waals surface area contributed by atoms with E-state index >= 15 is 0 Å². The molecule has 0 aliphatic carbocycles. The minimum atomic E-state index is -4.31. The lowest BCUT2D eigenvalue weighted by molar-refractivity contribution is -0.154. The van der Waals surface area contributed by atoms with Crippen LogP contribution in [0.25, 0.3) is 0 Å². The van der Waals surface area contributed by atoms with Gasteiger partial charge >= 0.3 is 13.8 Å². The summed E-state index contributed by atoms with van der Waals surface area (Å²) in [5.74, 6) is -0.367. The summed E-state index contributed by atoms with van der Waals surface area (Å²) < 4.78 is 33.3. The van der Waals surface area contributed by atoms with Crippen LogP contribution in [0.15, 0.2) is 122 Å². The summed E-state index contributed by atoms with van der Waals surface area (Å²) in [4.78, 5) is 22.5. The molecule has 0 saturated heterocycles. The van der Waals surface area contributed by atoms with Crippen LogP contribution in [-0.2, 0) is 27.9 Å². The quantitative estimate of drug-likeness (QED) is 0.0270. The maximum Gasteiger partial charge on any atom is 0.472 e. The van der Waals surface area contributed by atoms with Crippen LogP contribution >= 0.6 is 7.82 Å². The number of allylic oxidation sites excluding steroid dienone is 19. The third kappa shape index (κ3) is 46.0. The topological polar surface area (TPSA) is 117 Å². The van der Waals surface area contributed by atoms with Crippen molar-refractivity contribution in [2.45, 2.75) is 161 Å². The molecule has 9 heteroatoms. The second-order valence-corrected chi connectivity index (χ2v) is 16.0. The van der Waals surface area contributed by atoms with Crippen LogP contribution in [0.2, 0.25) is 0 Å². The molecule has 340 valence electrons. The summed E-state index contributed by atoms with van der Waals surface area (Å²) in [6, 6.07) is 0. The van der Waals surface area contributed by atoms with Gasteiger partial charge in [-0.15, -0.1) is 0 Å². The van der Waals surface area contributed by atoms with Gasteiger partial charge in [-0.2, -0.15) is 0 Å². The standard InChI is InChI=1S/C51H84NO7P/c1-3-5-7-9-11-13-15-17-19-21-22-23-24-25-26-27-28-29-30-32-34-36-38-40-42-44-51(53)59-50(49-58-60(54,55)57-47-45-52)48-56-46-43-41-39-37-35-33-31-20-18-16-14-12-10-8-6-4-2/h5-8,11-14,17-20,22-23,25-26,33,35,39,41,50H,3-4,9-10,15-16,21,24,27-32,34,36-38,40,42-49,52H2,1-2H3,(H,54,55)/b7-5-,8-6-,13-11-,14-12-,19-17-,20-18-,23-22-,26-25-,35-33-,41-39-. The normalized spacial score (nSPS) is 14.5. The van der Waals surface area contributed by atoms with Crippen molar-refractivity contribution in [1.82, 2.24) is 0 Å². The molecular weight excluding hydrogens is 770 g/mol. The molecular formula is C51H84NO7P. The number of carbonyl (C=O) groups is 1. The fraction of sp³-hybridized carbons (Fsp3) is 0.588. The maximum absolute atomic E-state index is 12.6. The number of nitrogens with two attached hydrogens (primary N) is 1. The third-order valence-corrected chi connectivity index (χ3v) is 9.88. The molecule has 0 spiro atoms. The molecule has 2 unspecified atom stereocenters. The lowest BCUT2D eigenvalue weighted by Crippen LogP contribution is -2.28. The molecule has 0 rings (SSSR count). The highest BCUT2D eigenvalue weighted by molar-refractivity contribution is 7.47. The molecule has 3 N–H and O–H groups in total.